The van der Waals surface area contributed by atoms with Crippen molar-refractivity contribution in [1.29, 1.82) is 0 Å². The van der Waals surface area contributed by atoms with Gasteiger partial charge in [-0.05, 0) is 18.8 Å². The van der Waals surface area contributed by atoms with E-state index in [1.54, 1.807) is 7.05 Å². The van der Waals surface area contributed by atoms with Gasteiger partial charge in [-0.25, -0.2) is 9.59 Å². The first-order chi connectivity index (χ1) is 7.54. The Labute approximate surface area is 94.2 Å². The summed E-state index contributed by atoms with van der Waals surface area (Å²) in [7, 11) is 1.64. The lowest BCUT2D eigenvalue weighted by Crippen LogP contribution is -2.47. The summed E-state index contributed by atoms with van der Waals surface area (Å²) >= 11 is 0. The maximum atomic E-state index is 11.6. The van der Waals surface area contributed by atoms with E-state index in [1.807, 2.05) is 0 Å². The molecule has 0 aromatic heterocycles. The lowest BCUT2D eigenvalue weighted by molar-refractivity contribution is -0.139. The van der Waals surface area contributed by atoms with Crippen LogP contribution in [0.15, 0.2) is 0 Å². The van der Waals surface area contributed by atoms with E-state index < -0.39 is 18.0 Å². The van der Waals surface area contributed by atoms with Crippen LogP contribution in [0.2, 0.25) is 0 Å². The summed E-state index contributed by atoms with van der Waals surface area (Å²) in [5, 5.41) is 19.8. The third-order valence-corrected chi connectivity index (χ3v) is 2.59. The molecule has 1 fully saturated rings. The van der Waals surface area contributed by atoms with Crippen molar-refractivity contribution in [3.8, 4) is 0 Å². The number of hydrogen-bond donors (Lipinski definition) is 3. The minimum atomic E-state index is -1.12. The average Bonchev–Trinajstić information content (AvgIpc) is 3.00. The Morgan fingerprint density at radius 1 is 1.50 bits per heavy atom. The van der Waals surface area contributed by atoms with Crippen LogP contribution in [0.5, 0.6) is 0 Å². The summed E-state index contributed by atoms with van der Waals surface area (Å²) in [6.45, 7) is 0.404. The standard InChI is InChI=1S/C10H18N2O4/c1-12(6-7-2-3-7)10(16)11-8(4-5-13)9(14)15/h7-8,13H,2-6H2,1H3,(H,11,16)(H,14,15). The molecule has 1 atom stereocenters. The first kappa shape index (κ1) is 12.8. The van der Waals surface area contributed by atoms with E-state index in [1.165, 1.54) is 4.90 Å². The van der Waals surface area contributed by atoms with Gasteiger partial charge in [0.25, 0.3) is 0 Å². The van der Waals surface area contributed by atoms with Crippen molar-refractivity contribution in [3.05, 3.63) is 0 Å². The number of nitrogens with one attached hydrogen (secondary N) is 1. The maximum Gasteiger partial charge on any atom is 0.326 e. The SMILES string of the molecule is CN(CC1CC1)C(=O)NC(CCO)C(=O)O. The van der Waals surface area contributed by atoms with Gasteiger partial charge in [0.2, 0.25) is 0 Å². The fourth-order valence-corrected chi connectivity index (χ4v) is 1.42. The predicted octanol–water partition coefficient (Wildman–Crippen LogP) is -0.127. The summed E-state index contributed by atoms with van der Waals surface area (Å²) < 4.78 is 0. The molecule has 0 saturated heterocycles. The van der Waals surface area contributed by atoms with E-state index in [0.29, 0.717) is 12.5 Å². The second-order valence-electron chi connectivity index (χ2n) is 4.18. The van der Waals surface area contributed by atoms with E-state index in [0.717, 1.165) is 12.8 Å². The van der Waals surface area contributed by atoms with Gasteiger partial charge in [0, 0.05) is 26.6 Å². The first-order valence-electron chi connectivity index (χ1n) is 5.40. The van der Waals surface area contributed by atoms with E-state index >= 15 is 0 Å². The zero-order valence-electron chi connectivity index (χ0n) is 9.35. The molecule has 0 spiro atoms. The highest BCUT2D eigenvalue weighted by molar-refractivity contribution is 5.82. The van der Waals surface area contributed by atoms with Crippen LogP contribution in [0.4, 0.5) is 4.79 Å². The van der Waals surface area contributed by atoms with Crippen molar-refractivity contribution in [2.24, 2.45) is 5.92 Å². The fourth-order valence-electron chi connectivity index (χ4n) is 1.42. The van der Waals surface area contributed by atoms with Crippen LogP contribution < -0.4 is 5.32 Å². The van der Waals surface area contributed by atoms with Crippen molar-refractivity contribution in [2.75, 3.05) is 20.2 Å². The zero-order chi connectivity index (χ0) is 12.1. The lowest BCUT2D eigenvalue weighted by Gasteiger charge is -2.20. The molecule has 0 bridgehead atoms. The Morgan fingerprint density at radius 3 is 2.56 bits per heavy atom. The Morgan fingerprint density at radius 2 is 2.12 bits per heavy atom. The summed E-state index contributed by atoms with van der Waals surface area (Å²) in [4.78, 5) is 23.8. The van der Waals surface area contributed by atoms with Gasteiger partial charge in [-0.2, -0.15) is 0 Å². The van der Waals surface area contributed by atoms with Gasteiger partial charge >= 0.3 is 12.0 Å². The second-order valence-corrected chi connectivity index (χ2v) is 4.18. The van der Waals surface area contributed by atoms with Gasteiger partial charge in [0.1, 0.15) is 6.04 Å². The third-order valence-electron chi connectivity index (χ3n) is 2.59. The maximum absolute atomic E-state index is 11.6. The molecule has 6 nitrogen and oxygen atoms in total. The molecule has 1 aliphatic carbocycles. The molecule has 0 radical (unpaired) electrons. The lowest BCUT2D eigenvalue weighted by atomic mass is 10.2. The molecule has 16 heavy (non-hydrogen) atoms. The third kappa shape index (κ3) is 4.06. The Bertz CT molecular complexity index is 266. The number of carboxylic acids is 1. The molecule has 1 aliphatic rings. The number of carboxylic acid groups (broad SMARTS) is 1. The molecule has 6 heteroatoms. The summed E-state index contributed by atoms with van der Waals surface area (Å²) in [6.07, 6.45) is 2.30. The van der Waals surface area contributed by atoms with Gasteiger partial charge in [0.15, 0.2) is 0 Å². The molecular weight excluding hydrogens is 212 g/mol. The number of aliphatic carboxylic acids is 1. The predicted molar refractivity (Wildman–Crippen MR) is 57.0 cm³/mol. The number of hydrogen-bond acceptors (Lipinski definition) is 3. The monoisotopic (exact) mass is 230 g/mol. The number of aliphatic hydroxyl groups excluding tert-OH is 1. The highest BCUT2D eigenvalue weighted by atomic mass is 16.4. The molecule has 0 aromatic rings. The molecule has 1 saturated carbocycles. The quantitative estimate of drug-likeness (QED) is 0.593. The molecule has 92 valence electrons. The van der Waals surface area contributed by atoms with Gasteiger partial charge in [-0.15, -0.1) is 0 Å². The summed E-state index contributed by atoms with van der Waals surface area (Å²) in [6, 6.07) is -1.41. The van der Waals surface area contributed by atoms with Crippen molar-refractivity contribution in [2.45, 2.75) is 25.3 Å². The molecule has 0 aliphatic heterocycles. The molecule has 1 rings (SSSR count). The molecule has 0 aromatic carbocycles. The van der Waals surface area contributed by atoms with Crippen molar-refractivity contribution in [3.63, 3.8) is 0 Å². The fraction of sp³-hybridized carbons (Fsp3) is 0.800. The number of carbonyl (C=O) groups excluding carboxylic acids is 1. The molecule has 2 amide bonds. The first-order valence-corrected chi connectivity index (χ1v) is 5.40. The Hall–Kier alpha value is -1.30. The Kier molecular flexibility index (Phi) is 4.54. The highest BCUT2D eigenvalue weighted by Crippen LogP contribution is 2.29. The number of rotatable bonds is 6. The van der Waals surface area contributed by atoms with Gasteiger partial charge in [-0.3, -0.25) is 0 Å². The van der Waals surface area contributed by atoms with Crippen LogP contribution in [0.3, 0.4) is 0 Å². The molecule has 3 N–H and O–H groups in total. The normalized spacial score (nSPS) is 16.6. The Balaban J connectivity index is 2.36. The molecule has 0 heterocycles. The zero-order valence-corrected chi connectivity index (χ0v) is 9.35. The van der Waals surface area contributed by atoms with Crippen LogP contribution in [0.25, 0.3) is 0 Å². The summed E-state index contributed by atoms with van der Waals surface area (Å²) in [5.74, 6) is -0.556. The summed E-state index contributed by atoms with van der Waals surface area (Å²) in [5.41, 5.74) is 0. The van der Waals surface area contributed by atoms with Crippen LogP contribution in [-0.2, 0) is 4.79 Å². The van der Waals surface area contributed by atoms with Gasteiger partial charge in [0.05, 0.1) is 0 Å². The van der Waals surface area contributed by atoms with Crippen LogP contribution in [0.1, 0.15) is 19.3 Å². The highest BCUT2D eigenvalue weighted by Gasteiger charge is 2.26. The smallest absolute Gasteiger partial charge is 0.326 e. The van der Waals surface area contributed by atoms with Crippen LogP contribution in [0, 0.1) is 5.92 Å². The number of carbonyl (C=O) groups is 2. The van der Waals surface area contributed by atoms with Gasteiger partial charge < -0.3 is 20.4 Å². The number of urea groups is 1. The number of amides is 2. The molecular formula is C10H18N2O4. The van der Waals surface area contributed by atoms with Crippen LogP contribution >= 0.6 is 0 Å². The van der Waals surface area contributed by atoms with E-state index in [-0.39, 0.29) is 13.0 Å². The number of nitrogens with zero attached hydrogens (tertiary/aromatic N) is 1. The van der Waals surface area contributed by atoms with E-state index in [2.05, 4.69) is 5.32 Å². The van der Waals surface area contributed by atoms with E-state index in [9.17, 15) is 9.59 Å². The van der Waals surface area contributed by atoms with Crippen LogP contribution in [-0.4, -0.2) is 53.4 Å². The largest absolute Gasteiger partial charge is 0.480 e. The van der Waals surface area contributed by atoms with Crippen molar-refractivity contribution < 1.29 is 19.8 Å². The van der Waals surface area contributed by atoms with E-state index in [4.69, 9.17) is 10.2 Å². The minimum Gasteiger partial charge on any atom is -0.480 e. The minimum absolute atomic E-state index is 0.0261. The van der Waals surface area contributed by atoms with Crippen molar-refractivity contribution >= 4 is 12.0 Å². The van der Waals surface area contributed by atoms with Crippen molar-refractivity contribution in [1.82, 2.24) is 10.2 Å². The number of aliphatic hydroxyl groups is 1. The second kappa shape index (κ2) is 5.69. The van der Waals surface area contributed by atoms with Gasteiger partial charge in [-0.1, -0.05) is 0 Å². The average molecular weight is 230 g/mol. The topological polar surface area (TPSA) is 89.9 Å². The molecule has 1 unspecified atom stereocenters.